The molecule has 2 aromatic carbocycles. The zero-order valence-electron chi connectivity index (χ0n) is 15.6. The van der Waals surface area contributed by atoms with Crippen LogP contribution in [0.3, 0.4) is 0 Å². The molecule has 146 valence electrons. The molecule has 1 aromatic heterocycles. The summed E-state index contributed by atoms with van der Waals surface area (Å²) in [6.45, 7) is 2.40. The third-order valence-electron chi connectivity index (χ3n) is 4.42. The number of carbonyl (C=O) groups excluding carboxylic acids is 1. The zero-order chi connectivity index (χ0) is 20.1. The van der Waals surface area contributed by atoms with E-state index in [0.717, 1.165) is 21.3 Å². The highest BCUT2D eigenvalue weighted by molar-refractivity contribution is 9.10. The lowest BCUT2D eigenvalue weighted by Crippen LogP contribution is -2.27. The van der Waals surface area contributed by atoms with Gasteiger partial charge in [0.05, 0.1) is 13.2 Å². The molecular weight excluding hydrogens is 440 g/mol. The molecule has 8 heteroatoms. The summed E-state index contributed by atoms with van der Waals surface area (Å²) in [5.41, 5.74) is 1.94. The van der Waals surface area contributed by atoms with Crippen LogP contribution in [0.5, 0.6) is 5.75 Å². The van der Waals surface area contributed by atoms with E-state index in [-0.39, 0.29) is 11.9 Å². The first-order chi connectivity index (χ1) is 13.5. The van der Waals surface area contributed by atoms with Crippen molar-refractivity contribution in [1.29, 1.82) is 0 Å². The Morgan fingerprint density at radius 3 is 2.68 bits per heavy atom. The van der Waals surface area contributed by atoms with Crippen LogP contribution in [0.15, 0.2) is 53.0 Å². The van der Waals surface area contributed by atoms with Crippen molar-refractivity contribution in [3.63, 3.8) is 0 Å². The molecule has 0 fully saturated rings. The number of methoxy groups -OCH3 is 1. The van der Waals surface area contributed by atoms with Crippen molar-refractivity contribution in [2.24, 2.45) is 0 Å². The summed E-state index contributed by atoms with van der Waals surface area (Å²) >= 11 is 8.86. The molecule has 2 N–H and O–H groups in total. The third kappa shape index (κ3) is 4.69. The van der Waals surface area contributed by atoms with E-state index in [1.807, 2.05) is 60.0 Å². The van der Waals surface area contributed by atoms with E-state index in [2.05, 4.69) is 31.4 Å². The fourth-order valence-electron chi connectivity index (χ4n) is 2.92. The Morgan fingerprint density at radius 2 is 2.00 bits per heavy atom. The van der Waals surface area contributed by atoms with Gasteiger partial charge in [0.15, 0.2) is 10.6 Å². The maximum atomic E-state index is 12.5. The number of amides is 1. The summed E-state index contributed by atoms with van der Waals surface area (Å²) in [5, 5.41) is 10.1. The van der Waals surface area contributed by atoms with Gasteiger partial charge < -0.3 is 10.1 Å². The van der Waals surface area contributed by atoms with Crippen molar-refractivity contribution >= 4 is 34.1 Å². The van der Waals surface area contributed by atoms with Gasteiger partial charge in [-0.05, 0) is 55.0 Å². The summed E-state index contributed by atoms with van der Waals surface area (Å²) in [4.78, 5) is 12.5. The molecule has 0 saturated carbocycles. The van der Waals surface area contributed by atoms with E-state index in [9.17, 15) is 4.79 Å². The van der Waals surface area contributed by atoms with Crippen LogP contribution < -0.4 is 10.1 Å². The molecule has 28 heavy (non-hydrogen) atoms. The summed E-state index contributed by atoms with van der Waals surface area (Å²) in [7, 11) is 1.62. The van der Waals surface area contributed by atoms with Crippen LogP contribution >= 0.6 is 28.1 Å². The highest BCUT2D eigenvalue weighted by Gasteiger charge is 2.14. The molecular formula is C20H21BrN4O2S. The van der Waals surface area contributed by atoms with Gasteiger partial charge in [0.25, 0.3) is 0 Å². The topological polar surface area (TPSA) is 71.9 Å². The Hall–Kier alpha value is -2.45. The van der Waals surface area contributed by atoms with Gasteiger partial charge in [0.2, 0.25) is 5.91 Å². The Bertz CT molecular complexity index is 1010. The summed E-state index contributed by atoms with van der Waals surface area (Å²) in [6, 6.07) is 15.3. The monoisotopic (exact) mass is 460 g/mol. The summed E-state index contributed by atoms with van der Waals surface area (Å²) < 4.78 is 8.48. The largest absolute Gasteiger partial charge is 0.497 e. The molecule has 0 aliphatic carbocycles. The SMILES string of the molecule is COc1ccc(-c2n[nH]c(=S)n2CCC(=O)N[C@@H](C)c2ccccc2Br)cc1. The molecule has 3 rings (SSSR count). The van der Waals surface area contributed by atoms with Gasteiger partial charge in [0, 0.05) is 23.0 Å². The Labute approximate surface area is 177 Å². The van der Waals surface area contributed by atoms with E-state index in [1.54, 1.807) is 7.11 Å². The van der Waals surface area contributed by atoms with Crippen LogP contribution in [0, 0.1) is 4.77 Å². The lowest BCUT2D eigenvalue weighted by molar-refractivity contribution is -0.121. The zero-order valence-corrected chi connectivity index (χ0v) is 18.0. The highest BCUT2D eigenvalue weighted by atomic mass is 79.9. The average Bonchev–Trinajstić information content (AvgIpc) is 3.07. The molecule has 0 spiro atoms. The minimum absolute atomic E-state index is 0.0490. The van der Waals surface area contributed by atoms with Crippen LogP contribution in [0.25, 0.3) is 11.4 Å². The number of nitrogens with one attached hydrogen (secondary N) is 2. The van der Waals surface area contributed by atoms with E-state index >= 15 is 0 Å². The lowest BCUT2D eigenvalue weighted by Gasteiger charge is -2.16. The van der Waals surface area contributed by atoms with Crippen molar-refractivity contribution in [3.05, 3.63) is 63.3 Å². The van der Waals surface area contributed by atoms with Crippen LogP contribution in [-0.2, 0) is 11.3 Å². The third-order valence-corrected chi connectivity index (χ3v) is 5.45. The normalized spacial score (nSPS) is 11.8. The number of hydrogen-bond acceptors (Lipinski definition) is 4. The molecule has 0 aliphatic heterocycles. The first-order valence-electron chi connectivity index (χ1n) is 8.83. The smallest absolute Gasteiger partial charge is 0.222 e. The maximum absolute atomic E-state index is 12.5. The number of ether oxygens (including phenoxy) is 1. The second-order valence-electron chi connectivity index (χ2n) is 6.29. The number of aromatic amines is 1. The minimum atomic E-state index is -0.0959. The second kappa shape index (κ2) is 9.16. The predicted octanol–water partition coefficient (Wildman–Crippen LogP) is 4.65. The fourth-order valence-corrected chi connectivity index (χ4v) is 3.77. The van der Waals surface area contributed by atoms with E-state index in [4.69, 9.17) is 17.0 Å². The number of halogens is 1. The second-order valence-corrected chi connectivity index (χ2v) is 7.53. The molecule has 0 aliphatic rings. The molecule has 0 saturated heterocycles. The molecule has 1 heterocycles. The van der Waals surface area contributed by atoms with Gasteiger partial charge in [-0.1, -0.05) is 34.1 Å². The number of carbonyl (C=O) groups is 1. The molecule has 3 aromatic rings. The molecule has 1 amide bonds. The number of nitrogens with zero attached hydrogens (tertiary/aromatic N) is 2. The van der Waals surface area contributed by atoms with Crippen LogP contribution in [0.2, 0.25) is 0 Å². The quantitative estimate of drug-likeness (QED) is 0.503. The van der Waals surface area contributed by atoms with Crippen LogP contribution in [0.4, 0.5) is 0 Å². The van der Waals surface area contributed by atoms with Gasteiger partial charge >= 0.3 is 0 Å². The van der Waals surface area contributed by atoms with Crippen LogP contribution in [0.1, 0.15) is 24.9 Å². The molecule has 0 unspecified atom stereocenters. The molecule has 1 atom stereocenters. The fraction of sp³-hybridized carbons (Fsp3) is 0.250. The van der Waals surface area contributed by atoms with Gasteiger partial charge in [-0.25, -0.2) is 0 Å². The Kier molecular flexibility index (Phi) is 6.64. The van der Waals surface area contributed by atoms with Crippen LogP contribution in [-0.4, -0.2) is 27.8 Å². The minimum Gasteiger partial charge on any atom is -0.497 e. The molecule has 0 radical (unpaired) electrons. The van der Waals surface area contributed by atoms with E-state index in [0.29, 0.717) is 23.6 Å². The standard InChI is InChI=1S/C20H21BrN4O2S/c1-13(16-5-3-4-6-17(16)21)22-18(26)11-12-25-19(23-24-20(25)28)14-7-9-15(27-2)10-8-14/h3-10,13H,11-12H2,1-2H3,(H,22,26)(H,24,28)/t13-/m0/s1. The van der Waals surface area contributed by atoms with Crippen molar-refractivity contribution in [2.45, 2.75) is 25.9 Å². The highest BCUT2D eigenvalue weighted by Crippen LogP contribution is 2.23. The summed E-state index contributed by atoms with van der Waals surface area (Å²) in [5.74, 6) is 1.41. The molecule has 0 bridgehead atoms. The van der Waals surface area contributed by atoms with Gasteiger partial charge in [-0.15, -0.1) is 0 Å². The van der Waals surface area contributed by atoms with Gasteiger partial charge in [-0.3, -0.25) is 14.5 Å². The number of aromatic nitrogens is 3. The van der Waals surface area contributed by atoms with E-state index < -0.39 is 0 Å². The number of rotatable bonds is 7. The Balaban J connectivity index is 1.67. The predicted molar refractivity (Wildman–Crippen MR) is 115 cm³/mol. The number of benzene rings is 2. The average molecular weight is 461 g/mol. The van der Waals surface area contributed by atoms with E-state index in [1.165, 1.54) is 0 Å². The van der Waals surface area contributed by atoms with Crippen molar-refractivity contribution in [2.75, 3.05) is 7.11 Å². The lowest BCUT2D eigenvalue weighted by atomic mass is 10.1. The number of hydrogen-bond donors (Lipinski definition) is 2. The van der Waals surface area contributed by atoms with Gasteiger partial charge in [0.1, 0.15) is 5.75 Å². The summed E-state index contributed by atoms with van der Waals surface area (Å²) in [6.07, 6.45) is 0.297. The Morgan fingerprint density at radius 1 is 1.29 bits per heavy atom. The molecule has 6 nitrogen and oxygen atoms in total. The van der Waals surface area contributed by atoms with Gasteiger partial charge in [-0.2, -0.15) is 5.10 Å². The van der Waals surface area contributed by atoms with Crippen molar-refractivity contribution in [3.8, 4) is 17.1 Å². The van der Waals surface area contributed by atoms with Crippen molar-refractivity contribution < 1.29 is 9.53 Å². The maximum Gasteiger partial charge on any atom is 0.222 e. The number of H-pyrrole nitrogens is 1. The van der Waals surface area contributed by atoms with Crippen molar-refractivity contribution in [1.82, 2.24) is 20.1 Å². The first-order valence-corrected chi connectivity index (χ1v) is 10.0. The first kappa shape index (κ1) is 20.3.